The van der Waals surface area contributed by atoms with Crippen molar-refractivity contribution in [3.05, 3.63) is 35.9 Å². The molecule has 0 radical (unpaired) electrons. The van der Waals surface area contributed by atoms with Gasteiger partial charge in [0.1, 0.15) is 0 Å². The first-order valence-corrected chi connectivity index (χ1v) is 7.77. The highest BCUT2D eigenvalue weighted by Gasteiger charge is 2.30. The van der Waals surface area contributed by atoms with Gasteiger partial charge in [-0.15, -0.1) is 0 Å². The van der Waals surface area contributed by atoms with E-state index in [1.807, 2.05) is 0 Å². The lowest BCUT2D eigenvalue weighted by Crippen LogP contribution is -2.42. The molecule has 1 aromatic rings. The first-order chi connectivity index (χ1) is 9.76. The first kappa shape index (κ1) is 15.5. The molecule has 3 heteroatoms. The fourth-order valence-corrected chi connectivity index (χ4v) is 3.26. The average molecular weight is 276 g/mol. The van der Waals surface area contributed by atoms with E-state index in [1.54, 1.807) is 7.11 Å². The molecule has 0 aromatic heterocycles. The van der Waals surface area contributed by atoms with Gasteiger partial charge in [-0.25, -0.2) is 0 Å². The van der Waals surface area contributed by atoms with Crippen LogP contribution in [-0.2, 0) is 4.74 Å². The van der Waals surface area contributed by atoms with E-state index in [9.17, 15) is 0 Å². The summed E-state index contributed by atoms with van der Waals surface area (Å²) >= 11 is 0. The summed E-state index contributed by atoms with van der Waals surface area (Å²) in [5.41, 5.74) is 1.39. The van der Waals surface area contributed by atoms with Gasteiger partial charge < -0.3 is 10.1 Å². The Bertz CT molecular complexity index is 382. The second-order valence-electron chi connectivity index (χ2n) is 5.79. The maximum absolute atomic E-state index is 5.30. The van der Waals surface area contributed by atoms with Gasteiger partial charge >= 0.3 is 0 Å². The maximum atomic E-state index is 5.30. The molecule has 0 bridgehead atoms. The molecule has 0 spiro atoms. The Balaban J connectivity index is 2.02. The molecule has 1 heterocycles. The highest BCUT2D eigenvalue weighted by Crippen LogP contribution is 2.26. The predicted molar refractivity (Wildman–Crippen MR) is 83.9 cm³/mol. The molecular formula is C17H28N2O. The predicted octanol–water partition coefficient (Wildman–Crippen LogP) is 2.69. The molecule has 1 aliphatic rings. The minimum atomic E-state index is 0.405. The van der Waals surface area contributed by atoms with Crippen LogP contribution in [0.5, 0.6) is 0 Å². The number of nitrogens with one attached hydrogen (secondary N) is 1. The van der Waals surface area contributed by atoms with Gasteiger partial charge in [-0.05, 0) is 37.9 Å². The SMILES string of the molecule is CCNC(c1ccccc1)C(C)N1CCC(COC)C1. The zero-order valence-electron chi connectivity index (χ0n) is 13.0. The van der Waals surface area contributed by atoms with Crippen LogP contribution in [0.3, 0.4) is 0 Å². The molecule has 0 amide bonds. The van der Waals surface area contributed by atoms with Crippen LogP contribution >= 0.6 is 0 Å². The van der Waals surface area contributed by atoms with E-state index in [1.165, 1.54) is 18.5 Å². The molecule has 1 N–H and O–H groups in total. The van der Waals surface area contributed by atoms with Gasteiger partial charge in [0.2, 0.25) is 0 Å². The minimum absolute atomic E-state index is 0.405. The van der Waals surface area contributed by atoms with Crippen molar-refractivity contribution < 1.29 is 4.74 Å². The molecule has 1 saturated heterocycles. The summed E-state index contributed by atoms with van der Waals surface area (Å²) in [5.74, 6) is 0.695. The summed E-state index contributed by atoms with van der Waals surface area (Å²) in [6.45, 7) is 8.75. The van der Waals surface area contributed by atoms with Crippen LogP contribution < -0.4 is 5.32 Å². The molecule has 0 aliphatic carbocycles. The topological polar surface area (TPSA) is 24.5 Å². The van der Waals surface area contributed by atoms with Crippen molar-refractivity contribution in [1.82, 2.24) is 10.2 Å². The molecule has 1 aliphatic heterocycles. The van der Waals surface area contributed by atoms with Crippen LogP contribution in [0, 0.1) is 5.92 Å². The van der Waals surface area contributed by atoms with E-state index >= 15 is 0 Å². The van der Waals surface area contributed by atoms with Crippen molar-refractivity contribution in [2.75, 3.05) is 33.4 Å². The average Bonchev–Trinajstić information content (AvgIpc) is 2.94. The molecule has 20 heavy (non-hydrogen) atoms. The van der Waals surface area contributed by atoms with Gasteiger partial charge in [-0.2, -0.15) is 0 Å². The standard InChI is InChI=1S/C17H28N2O/c1-4-18-17(16-8-6-5-7-9-16)14(2)19-11-10-15(12-19)13-20-3/h5-9,14-15,17-18H,4,10-13H2,1-3H3. The molecular weight excluding hydrogens is 248 g/mol. The monoisotopic (exact) mass is 276 g/mol. The third-order valence-corrected chi connectivity index (χ3v) is 4.36. The second kappa shape index (κ2) is 7.77. The lowest BCUT2D eigenvalue weighted by atomic mass is 9.99. The lowest BCUT2D eigenvalue weighted by Gasteiger charge is -2.33. The Hall–Kier alpha value is -0.900. The van der Waals surface area contributed by atoms with Crippen LogP contribution in [0.15, 0.2) is 30.3 Å². The van der Waals surface area contributed by atoms with Gasteiger partial charge in [0.05, 0.1) is 6.61 Å². The molecule has 3 atom stereocenters. The van der Waals surface area contributed by atoms with Gasteiger partial charge in [-0.3, -0.25) is 4.90 Å². The normalized spacial score (nSPS) is 22.9. The fourth-order valence-electron chi connectivity index (χ4n) is 3.26. The molecule has 1 fully saturated rings. The molecule has 112 valence electrons. The maximum Gasteiger partial charge on any atom is 0.0503 e. The van der Waals surface area contributed by atoms with Gasteiger partial charge in [0.15, 0.2) is 0 Å². The number of nitrogens with zero attached hydrogens (tertiary/aromatic N) is 1. The largest absolute Gasteiger partial charge is 0.384 e. The molecule has 0 saturated carbocycles. The summed E-state index contributed by atoms with van der Waals surface area (Å²) in [6, 6.07) is 11.7. The van der Waals surface area contributed by atoms with Crippen molar-refractivity contribution in [2.45, 2.75) is 32.4 Å². The molecule has 3 nitrogen and oxygen atoms in total. The van der Waals surface area contributed by atoms with Crippen molar-refractivity contribution in [1.29, 1.82) is 0 Å². The Morgan fingerprint density at radius 1 is 1.35 bits per heavy atom. The van der Waals surface area contributed by atoms with Crippen molar-refractivity contribution in [3.8, 4) is 0 Å². The van der Waals surface area contributed by atoms with Crippen molar-refractivity contribution in [2.24, 2.45) is 5.92 Å². The van der Waals surface area contributed by atoms with E-state index in [0.717, 1.165) is 19.7 Å². The summed E-state index contributed by atoms with van der Waals surface area (Å²) in [4.78, 5) is 2.60. The highest BCUT2D eigenvalue weighted by atomic mass is 16.5. The summed E-state index contributed by atoms with van der Waals surface area (Å²) in [6.07, 6.45) is 1.26. The van der Waals surface area contributed by atoms with Crippen LogP contribution in [0.1, 0.15) is 31.9 Å². The minimum Gasteiger partial charge on any atom is -0.384 e. The van der Waals surface area contributed by atoms with Crippen LogP contribution in [0.2, 0.25) is 0 Å². The summed E-state index contributed by atoms with van der Waals surface area (Å²) < 4.78 is 5.30. The Labute approximate surface area is 123 Å². The number of rotatable bonds is 7. The van der Waals surface area contributed by atoms with E-state index in [2.05, 4.69) is 54.4 Å². The van der Waals surface area contributed by atoms with Gasteiger partial charge in [0.25, 0.3) is 0 Å². The number of likely N-dealkylation sites (tertiary alicyclic amines) is 1. The summed E-state index contributed by atoms with van der Waals surface area (Å²) in [5, 5.41) is 3.65. The smallest absolute Gasteiger partial charge is 0.0503 e. The summed E-state index contributed by atoms with van der Waals surface area (Å²) in [7, 11) is 1.80. The van der Waals surface area contributed by atoms with Crippen LogP contribution in [0.4, 0.5) is 0 Å². The zero-order valence-corrected chi connectivity index (χ0v) is 13.0. The molecule has 2 rings (SSSR count). The Morgan fingerprint density at radius 3 is 2.75 bits per heavy atom. The van der Waals surface area contributed by atoms with E-state index in [-0.39, 0.29) is 0 Å². The van der Waals surface area contributed by atoms with Gasteiger partial charge in [0, 0.05) is 25.7 Å². The van der Waals surface area contributed by atoms with Crippen LogP contribution in [-0.4, -0.2) is 44.3 Å². The Morgan fingerprint density at radius 2 is 2.10 bits per heavy atom. The third kappa shape index (κ3) is 3.81. The van der Waals surface area contributed by atoms with Crippen molar-refractivity contribution >= 4 is 0 Å². The van der Waals surface area contributed by atoms with Crippen molar-refractivity contribution in [3.63, 3.8) is 0 Å². The number of benzene rings is 1. The second-order valence-corrected chi connectivity index (χ2v) is 5.79. The van der Waals surface area contributed by atoms with Gasteiger partial charge in [-0.1, -0.05) is 37.3 Å². The van der Waals surface area contributed by atoms with E-state index in [4.69, 9.17) is 4.74 Å². The fraction of sp³-hybridized carbons (Fsp3) is 0.647. The van der Waals surface area contributed by atoms with E-state index in [0.29, 0.717) is 18.0 Å². The Kier molecular flexibility index (Phi) is 6.02. The number of hydrogen-bond acceptors (Lipinski definition) is 3. The highest BCUT2D eigenvalue weighted by molar-refractivity contribution is 5.20. The van der Waals surface area contributed by atoms with E-state index < -0.39 is 0 Å². The number of hydrogen-bond donors (Lipinski definition) is 1. The lowest BCUT2D eigenvalue weighted by molar-refractivity contribution is 0.142. The number of ether oxygens (including phenoxy) is 1. The molecule has 3 unspecified atom stereocenters. The number of methoxy groups -OCH3 is 1. The number of likely N-dealkylation sites (N-methyl/N-ethyl adjacent to an activating group) is 1. The van der Waals surface area contributed by atoms with Crippen LogP contribution in [0.25, 0.3) is 0 Å². The quantitative estimate of drug-likeness (QED) is 0.828. The zero-order chi connectivity index (χ0) is 14.4. The first-order valence-electron chi connectivity index (χ1n) is 7.77. The molecule has 1 aromatic carbocycles. The third-order valence-electron chi connectivity index (χ3n) is 4.36.